The molecule has 0 saturated carbocycles. The molecule has 104 valence electrons. The molecule has 3 rings (SSSR count). The molecule has 0 fully saturated rings. The molecule has 0 unspecified atom stereocenters. The minimum absolute atomic E-state index is 0.0586. The van der Waals surface area contributed by atoms with E-state index in [9.17, 15) is 4.79 Å². The first kappa shape index (κ1) is 13.0. The molecule has 0 aliphatic carbocycles. The van der Waals surface area contributed by atoms with Gasteiger partial charge in [0, 0.05) is 17.3 Å². The van der Waals surface area contributed by atoms with Crippen molar-refractivity contribution in [3.8, 4) is 6.07 Å². The quantitative estimate of drug-likeness (QED) is 0.799. The highest BCUT2D eigenvalue weighted by atomic mass is 16.4. The van der Waals surface area contributed by atoms with Crippen LogP contribution >= 0.6 is 0 Å². The first-order valence-corrected chi connectivity index (χ1v) is 6.40. The van der Waals surface area contributed by atoms with Crippen molar-refractivity contribution in [3.63, 3.8) is 0 Å². The zero-order valence-electron chi connectivity index (χ0n) is 11.3. The van der Waals surface area contributed by atoms with Gasteiger partial charge in [0.15, 0.2) is 0 Å². The molecule has 0 bridgehead atoms. The van der Waals surface area contributed by atoms with E-state index in [1.165, 1.54) is 6.07 Å². The number of furan rings is 1. The zero-order chi connectivity index (χ0) is 15.0. The van der Waals surface area contributed by atoms with Gasteiger partial charge in [0.25, 0.3) is 0 Å². The number of aromatic carboxylic acids is 1. The Hall–Kier alpha value is -3.00. The second-order valence-electron chi connectivity index (χ2n) is 4.83. The van der Waals surface area contributed by atoms with Crippen molar-refractivity contribution in [2.75, 3.05) is 0 Å². The van der Waals surface area contributed by atoms with E-state index in [0.29, 0.717) is 17.9 Å². The van der Waals surface area contributed by atoms with Crippen molar-refractivity contribution in [3.05, 3.63) is 59.2 Å². The van der Waals surface area contributed by atoms with E-state index in [1.807, 2.05) is 29.0 Å². The Morgan fingerprint density at radius 2 is 2.19 bits per heavy atom. The van der Waals surface area contributed by atoms with Gasteiger partial charge in [-0.15, -0.1) is 0 Å². The van der Waals surface area contributed by atoms with Crippen molar-refractivity contribution < 1.29 is 14.3 Å². The van der Waals surface area contributed by atoms with E-state index in [2.05, 4.69) is 6.07 Å². The molecule has 0 aliphatic heterocycles. The van der Waals surface area contributed by atoms with Crippen LogP contribution in [-0.4, -0.2) is 15.6 Å². The predicted octanol–water partition coefficient (Wildman–Crippen LogP) is 3.16. The fourth-order valence-electron chi connectivity index (χ4n) is 2.36. The second-order valence-corrected chi connectivity index (χ2v) is 4.83. The largest absolute Gasteiger partial charge is 0.475 e. The van der Waals surface area contributed by atoms with Gasteiger partial charge in [-0.3, -0.25) is 0 Å². The summed E-state index contributed by atoms with van der Waals surface area (Å²) in [5.41, 5.74) is 2.34. The number of carboxylic acid groups (broad SMARTS) is 1. The highest BCUT2D eigenvalue weighted by Crippen LogP contribution is 2.21. The summed E-state index contributed by atoms with van der Waals surface area (Å²) in [6.45, 7) is 2.25. The number of aromatic nitrogens is 1. The van der Waals surface area contributed by atoms with E-state index < -0.39 is 5.97 Å². The number of aryl methyl sites for hydroxylation is 1. The molecule has 1 aromatic carbocycles. The van der Waals surface area contributed by atoms with Crippen LogP contribution in [0.2, 0.25) is 0 Å². The van der Waals surface area contributed by atoms with Crippen LogP contribution in [0.5, 0.6) is 0 Å². The Labute approximate surface area is 120 Å². The maximum Gasteiger partial charge on any atom is 0.371 e. The number of hydrogen-bond acceptors (Lipinski definition) is 3. The molecule has 1 N–H and O–H groups in total. The monoisotopic (exact) mass is 280 g/mol. The van der Waals surface area contributed by atoms with Crippen LogP contribution in [0.3, 0.4) is 0 Å². The van der Waals surface area contributed by atoms with Crippen molar-refractivity contribution in [2.24, 2.45) is 0 Å². The van der Waals surface area contributed by atoms with Crippen molar-refractivity contribution >= 4 is 16.9 Å². The highest BCUT2D eigenvalue weighted by molar-refractivity contribution is 5.85. The lowest BCUT2D eigenvalue weighted by molar-refractivity contribution is 0.0661. The third kappa shape index (κ3) is 2.28. The van der Waals surface area contributed by atoms with Crippen LogP contribution in [0.15, 0.2) is 40.9 Å². The highest BCUT2D eigenvalue weighted by Gasteiger charge is 2.14. The van der Waals surface area contributed by atoms with Crippen molar-refractivity contribution in [1.82, 2.24) is 4.57 Å². The van der Waals surface area contributed by atoms with Crippen molar-refractivity contribution in [2.45, 2.75) is 13.5 Å². The lowest BCUT2D eigenvalue weighted by atomic mass is 10.2. The number of carboxylic acids is 1. The minimum Gasteiger partial charge on any atom is -0.475 e. The predicted molar refractivity (Wildman–Crippen MR) is 76.2 cm³/mol. The fraction of sp³-hybridized carbons (Fsp3) is 0.125. The van der Waals surface area contributed by atoms with Crippen LogP contribution < -0.4 is 0 Å². The summed E-state index contributed by atoms with van der Waals surface area (Å²) >= 11 is 0. The Kier molecular flexibility index (Phi) is 2.99. The minimum atomic E-state index is -1.08. The first-order chi connectivity index (χ1) is 10.1. The number of rotatable bonds is 3. The molecule has 3 aromatic rings. The molecule has 5 nitrogen and oxygen atoms in total. The lowest BCUT2D eigenvalue weighted by Gasteiger charge is -2.04. The van der Waals surface area contributed by atoms with E-state index in [4.69, 9.17) is 14.8 Å². The molecule has 0 saturated heterocycles. The molecule has 0 atom stereocenters. The van der Waals surface area contributed by atoms with Gasteiger partial charge >= 0.3 is 5.97 Å². The van der Waals surface area contributed by atoms with Gasteiger partial charge in [0.05, 0.1) is 18.2 Å². The van der Waals surface area contributed by atoms with E-state index in [-0.39, 0.29) is 5.76 Å². The molecular formula is C16H12N2O3. The molecule has 0 spiro atoms. The summed E-state index contributed by atoms with van der Waals surface area (Å²) in [5.74, 6) is -0.546. The third-order valence-electron chi connectivity index (χ3n) is 3.48. The molecule has 2 heterocycles. The Morgan fingerprint density at radius 1 is 1.38 bits per heavy atom. The molecule has 5 heteroatoms. The fourth-order valence-corrected chi connectivity index (χ4v) is 2.36. The molecule has 2 aromatic heterocycles. The third-order valence-corrected chi connectivity index (χ3v) is 3.48. The summed E-state index contributed by atoms with van der Waals surface area (Å²) in [6.07, 6.45) is 1.92. The molecular weight excluding hydrogens is 268 g/mol. The van der Waals surface area contributed by atoms with E-state index >= 15 is 0 Å². The summed E-state index contributed by atoms with van der Waals surface area (Å²) in [7, 11) is 0. The Bertz CT molecular complexity index is 881. The van der Waals surface area contributed by atoms with Crippen LogP contribution in [0.4, 0.5) is 0 Å². The summed E-state index contributed by atoms with van der Waals surface area (Å²) in [6, 6.07) is 11.1. The van der Waals surface area contributed by atoms with E-state index in [1.54, 1.807) is 13.0 Å². The number of hydrogen-bond donors (Lipinski definition) is 1. The maximum atomic E-state index is 10.9. The van der Waals surface area contributed by atoms with Gasteiger partial charge < -0.3 is 14.1 Å². The first-order valence-electron chi connectivity index (χ1n) is 6.40. The van der Waals surface area contributed by atoms with Crippen molar-refractivity contribution in [1.29, 1.82) is 5.26 Å². The van der Waals surface area contributed by atoms with Gasteiger partial charge in [-0.05, 0) is 36.6 Å². The van der Waals surface area contributed by atoms with Gasteiger partial charge in [-0.25, -0.2) is 4.79 Å². The van der Waals surface area contributed by atoms with Gasteiger partial charge in [-0.1, -0.05) is 6.07 Å². The standard InChI is InChI=1S/C16H12N2O3/c1-10-13(7-15(21-10)16(19)20)9-18-5-4-12-3-2-11(8-17)6-14(12)18/h2-7H,9H2,1H3,(H,19,20). The second kappa shape index (κ2) is 4.84. The van der Waals surface area contributed by atoms with Crippen LogP contribution in [0.25, 0.3) is 10.9 Å². The van der Waals surface area contributed by atoms with Gasteiger partial charge in [0.1, 0.15) is 5.76 Å². The number of nitrogens with zero attached hydrogens (tertiary/aromatic N) is 2. The topological polar surface area (TPSA) is 79.2 Å². The lowest BCUT2D eigenvalue weighted by Crippen LogP contribution is -1.98. The molecule has 0 aliphatic rings. The normalized spacial score (nSPS) is 10.7. The summed E-state index contributed by atoms with van der Waals surface area (Å²) in [5, 5.41) is 19.0. The summed E-state index contributed by atoms with van der Waals surface area (Å²) in [4.78, 5) is 10.9. The smallest absolute Gasteiger partial charge is 0.371 e. The molecule has 0 radical (unpaired) electrons. The number of carbonyl (C=O) groups is 1. The SMILES string of the molecule is Cc1oc(C(=O)O)cc1Cn1ccc2ccc(C#N)cc21. The van der Waals surface area contributed by atoms with Crippen LogP contribution in [0.1, 0.15) is 27.4 Å². The zero-order valence-corrected chi connectivity index (χ0v) is 11.3. The number of benzene rings is 1. The average molecular weight is 280 g/mol. The molecule has 21 heavy (non-hydrogen) atoms. The maximum absolute atomic E-state index is 10.9. The van der Waals surface area contributed by atoms with Crippen LogP contribution in [0, 0.1) is 18.3 Å². The van der Waals surface area contributed by atoms with Crippen LogP contribution in [-0.2, 0) is 6.54 Å². The Morgan fingerprint density at radius 3 is 2.86 bits per heavy atom. The number of fused-ring (bicyclic) bond motifs is 1. The molecule has 0 amide bonds. The van der Waals surface area contributed by atoms with Gasteiger partial charge in [-0.2, -0.15) is 5.26 Å². The number of nitriles is 1. The van der Waals surface area contributed by atoms with E-state index in [0.717, 1.165) is 16.5 Å². The average Bonchev–Trinajstić information content (AvgIpc) is 3.04. The summed E-state index contributed by atoms with van der Waals surface area (Å²) < 4.78 is 7.19. The Balaban J connectivity index is 2.02. The van der Waals surface area contributed by atoms with Gasteiger partial charge in [0.2, 0.25) is 5.76 Å².